The summed E-state index contributed by atoms with van der Waals surface area (Å²) in [7, 11) is 0. The number of furan rings is 1. The van der Waals surface area contributed by atoms with Gasteiger partial charge in [0.1, 0.15) is 11.2 Å². The van der Waals surface area contributed by atoms with Crippen LogP contribution in [0.3, 0.4) is 0 Å². The molecule has 70 heavy (non-hydrogen) atoms. The van der Waals surface area contributed by atoms with Gasteiger partial charge >= 0.3 is 0 Å². The van der Waals surface area contributed by atoms with Gasteiger partial charge in [-0.25, -0.2) is 19.9 Å². The summed E-state index contributed by atoms with van der Waals surface area (Å²) >= 11 is 0. The van der Waals surface area contributed by atoms with Crippen molar-refractivity contribution in [3.05, 3.63) is 237 Å². The maximum absolute atomic E-state index is 6.60. The lowest BCUT2D eigenvalue weighted by atomic mass is 9.89. The van der Waals surface area contributed by atoms with Crippen molar-refractivity contribution < 1.29 is 4.42 Å². The van der Waals surface area contributed by atoms with Crippen LogP contribution in [0.1, 0.15) is 0 Å². The lowest BCUT2D eigenvalue weighted by molar-refractivity contribution is 0.669. The lowest BCUT2D eigenvalue weighted by Gasteiger charge is -2.16. The molecule has 0 aliphatic rings. The Bertz CT molecular complexity index is 4260. The second kappa shape index (κ2) is 16.1. The van der Waals surface area contributed by atoms with Gasteiger partial charge in [0, 0.05) is 71.2 Å². The first-order chi connectivity index (χ1) is 34.7. The average molecular weight is 894 g/mol. The van der Waals surface area contributed by atoms with Gasteiger partial charge in [0.05, 0.1) is 22.2 Å². The summed E-state index contributed by atoms with van der Waals surface area (Å²) in [5, 5.41) is 8.00. The molecule has 4 heterocycles. The number of benzene rings is 10. The highest BCUT2D eigenvalue weighted by molar-refractivity contribution is 6.27. The minimum atomic E-state index is 0.611. The maximum atomic E-state index is 6.60. The van der Waals surface area contributed by atoms with Crippen molar-refractivity contribution >= 4 is 65.4 Å². The van der Waals surface area contributed by atoms with Crippen LogP contribution in [0.5, 0.6) is 0 Å². The number of rotatable bonds is 7. The van der Waals surface area contributed by atoms with E-state index in [0.717, 1.165) is 94.1 Å². The molecule has 14 rings (SSSR count). The van der Waals surface area contributed by atoms with Crippen molar-refractivity contribution in [2.24, 2.45) is 0 Å². The summed E-state index contributed by atoms with van der Waals surface area (Å²) < 4.78 is 8.92. The molecule has 0 amide bonds. The lowest BCUT2D eigenvalue weighted by Crippen LogP contribution is -2.00. The zero-order chi connectivity index (χ0) is 46.1. The molecule has 0 atom stereocenters. The van der Waals surface area contributed by atoms with Crippen LogP contribution in [0.25, 0.3) is 139 Å². The van der Waals surface area contributed by atoms with E-state index in [9.17, 15) is 0 Å². The van der Waals surface area contributed by atoms with Crippen LogP contribution in [0, 0.1) is 0 Å². The van der Waals surface area contributed by atoms with Crippen LogP contribution in [0.2, 0.25) is 0 Å². The zero-order valence-corrected chi connectivity index (χ0v) is 37.7. The molecule has 0 aliphatic heterocycles. The maximum Gasteiger partial charge on any atom is 0.164 e. The van der Waals surface area contributed by atoms with Crippen LogP contribution in [-0.4, -0.2) is 24.5 Å². The molecule has 0 spiro atoms. The van der Waals surface area contributed by atoms with Crippen molar-refractivity contribution in [2.45, 2.75) is 0 Å². The minimum absolute atomic E-state index is 0.611. The van der Waals surface area contributed by atoms with E-state index in [4.69, 9.17) is 24.4 Å². The van der Waals surface area contributed by atoms with Crippen molar-refractivity contribution in [2.75, 3.05) is 0 Å². The number of aromatic nitrogens is 5. The molecule has 0 saturated carbocycles. The molecule has 0 bridgehead atoms. The van der Waals surface area contributed by atoms with Gasteiger partial charge in [0.25, 0.3) is 0 Å². The summed E-state index contributed by atoms with van der Waals surface area (Å²) in [6, 6.07) is 82.6. The molecule has 10 aromatic carbocycles. The Kier molecular flexibility index (Phi) is 9.10. The summed E-state index contributed by atoms with van der Waals surface area (Å²) in [5.74, 6) is 1.85. The number of nitrogens with zero attached hydrogens (tertiary/aromatic N) is 5. The zero-order valence-electron chi connectivity index (χ0n) is 37.7. The summed E-state index contributed by atoms with van der Waals surface area (Å²) in [4.78, 5) is 20.5. The van der Waals surface area contributed by atoms with Gasteiger partial charge in [-0.1, -0.05) is 182 Å². The molecule has 326 valence electrons. The van der Waals surface area contributed by atoms with E-state index in [1.165, 1.54) is 27.2 Å². The molecule has 0 N–H and O–H groups in total. The van der Waals surface area contributed by atoms with E-state index >= 15 is 0 Å². The largest absolute Gasteiger partial charge is 0.456 e. The second-order valence-corrected chi connectivity index (χ2v) is 17.7. The number of fused-ring (bicyclic) bond motifs is 9. The normalized spacial score (nSPS) is 11.7. The Morgan fingerprint density at radius 3 is 1.37 bits per heavy atom. The third-order valence-corrected chi connectivity index (χ3v) is 13.7. The first-order valence-corrected chi connectivity index (χ1v) is 23.5. The van der Waals surface area contributed by atoms with Gasteiger partial charge in [-0.2, -0.15) is 0 Å². The Balaban J connectivity index is 0.831. The van der Waals surface area contributed by atoms with E-state index in [-0.39, 0.29) is 0 Å². The molecule has 0 aliphatic carbocycles. The van der Waals surface area contributed by atoms with Crippen LogP contribution in [0.4, 0.5) is 0 Å². The van der Waals surface area contributed by atoms with Gasteiger partial charge in [-0.15, -0.1) is 0 Å². The number of hydrogen-bond donors (Lipinski definition) is 0. The molecule has 0 saturated heterocycles. The highest BCUT2D eigenvalue weighted by atomic mass is 16.3. The smallest absolute Gasteiger partial charge is 0.164 e. The fraction of sp³-hybridized carbons (Fsp3) is 0. The van der Waals surface area contributed by atoms with Gasteiger partial charge < -0.3 is 8.98 Å². The molecule has 4 aromatic heterocycles. The van der Waals surface area contributed by atoms with Crippen molar-refractivity contribution in [3.63, 3.8) is 0 Å². The molecular weight excluding hydrogens is 855 g/mol. The molecule has 0 fully saturated rings. The van der Waals surface area contributed by atoms with E-state index in [0.29, 0.717) is 17.5 Å². The highest BCUT2D eigenvalue weighted by Crippen LogP contribution is 2.46. The Labute approximate surface area is 402 Å². The second-order valence-electron chi connectivity index (χ2n) is 17.7. The van der Waals surface area contributed by atoms with Crippen LogP contribution in [0.15, 0.2) is 241 Å². The predicted octanol–water partition coefficient (Wildman–Crippen LogP) is 16.6. The van der Waals surface area contributed by atoms with E-state index in [2.05, 4.69) is 199 Å². The van der Waals surface area contributed by atoms with Gasteiger partial charge in [-0.05, 0) is 71.3 Å². The topological polar surface area (TPSA) is 69.6 Å². The van der Waals surface area contributed by atoms with Crippen LogP contribution >= 0.6 is 0 Å². The number of pyridine rings is 1. The van der Waals surface area contributed by atoms with Gasteiger partial charge in [-0.3, -0.25) is 0 Å². The fourth-order valence-corrected chi connectivity index (χ4v) is 10.4. The third-order valence-electron chi connectivity index (χ3n) is 13.7. The Hall–Kier alpha value is -9.52. The Morgan fingerprint density at radius 2 is 0.757 bits per heavy atom. The standard InChI is InChI=1S/C64H39N5O/c1-3-15-42(16-4-1)58-59-50-21-7-11-23-53(50)65-61(52(59)39-57-60(58)51-22-10-14-26-56(51)70-57)43-31-27-40(28-32-43)41-29-33-45(34-30-41)63-66-62(44-17-5-2-6-18-44)67-64(68-63)46-35-37-47(38-36-46)69-54-24-12-8-19-48(54)49-20-9-13-25-55(49)69/h1-39H. The average Bonchev–Trinajstić information content (AvgIpc) is 3.98. The molecule has 6 nitrogen and oxygen atoms in total. The molecular formula is C64H39N5O. The molecule has 0 radical (unpaired) electrons. The van der Waals surface area contributed by atoms with E-state index in [1.54, 1.807) is 0 Å². The minimum Gasteiger partial charge on any atom is -0.456 e. The Morgan fingerprint density at radius 1 is 0.300 bits per heavy atom. The first-order valence-electron chi connectivity index (χ1n) is 23.5. The summed E-state index contributed by atoms with van der Waals surface area (Å²) in [6.07, 6.45) is 0. The SMILES string of the molecule is c1ccc(-c2nc(-c3ccc(-c4ccc(-c5nc6ccccc6c6c(-c7ccccc7)c7c(cc56)oc5ccccc57)cc4)cc3)nc(-c3ccc(-n4c5ccccc5c5ccccc54)cc3)n2)cc1. The monoisotopic (exact) mass is 893 g/mol. The van der Waals surface area contributed by atoms with Crippen molar-refractivity contribution in [1.82, 2.24) is 24.5 Å². The van der Waals surface area contributed by atoms with Crippen LogP contribution in [-0.2, 0) is 0 Å². The fourth-order valence-electron chi connectivity index (χ4n) is 10.4. The van der Waals surface area contributed by atoms with E-state index in [1.807, 2.05) is 42.5 Å². The third kappa shape index (κ3) is 6.49. The quantitative estimate of drug-likeness (QED) is 0.149. The van der Waals surface area contributed by atoms with E-state index < -0.39 is 0 Å². The number of para-hydroxylation sites is 4. The van der Waals surface area contributed by atoms with Gasteiger partial charge in [0.15, 0.2) is 17.5 Å². The van der Waals surface area contributed by atoms with Crippen LogP contribution < -0.4 is 0 Å². The molecule has 14 aromatic rings. The molecule has 6 heteroatoms. The molecule has 0 unspecified atom stereocenters. The highest BCUT2D eigenvalue weighted by Gasteiger charge is 2.22. The van der Waals surface area contributed by atoms with Crippen molar-refractivity contribution in [1.29, 1.82) is 0 Å². The predicted molar refractivity (Wildman–Crippen MR) is 287 cm³/mol. The number of hydrogen-bond acceptors (Lipinski definition) is 5. The van der Waals surface area contributed by atoms with Gasteiger partial charge in [0.2, 0.25) is 0 Å². The summed E-state index contributed by atoms with van der Waals surface area (Å²) in [5.41, 5.74) is 15.2. The van der Waals surface area contributed by atoms with Crippen molar-refractivity contribution in [3.8, 4) is 73.4 Å². The first kappa shape index (κ1) is 39.6. The summed E-state index contributed by atoms with van der Waals surface area (Å²) in [6.45, 7) is 0.